The molecule has 1 aliphatic rings. The highest BCUT2D eigenvalue weighted by Gasteiger charge is 2.34. The number of amides is 2. The predicted molar refractivity (Wildman–Crippen MR) is 44.2 cm³/mol. The molecule has 9 heteroatoms. The molecule has 17 heavy (non-hydrogen) atoms. The number of imide groups is 1. The lowest BCUT2D eigenvalue weighted by molar-refractivity contribution is -0.179. The van der Waals surface area contributed by atoms with Crippen molar-refractivity contribution in [3.8, 4) is 0 Å². The first-order valence-electron chi connectivity index (χ1n) is 4.57. The molecule has 6 nitrogen and oxygen atoms in total. The Kier molecular flexibility index (Phi) is 3.92. The van der Waals surface area contributed by atoms with E-state index >= 15 is 0 Å². The maximum atomic E-state index is 11.7. The van der Waals surface area contributed by atoms with E-state index in [1.807, 2.05) is 0 Å². The summed E-state index contributed by atoms with van der Waals surface area (Å²) < 4.78 is 39.1. The van der Waals surface area contributed by atoms with Crippen molar-refractivity contribution in [3.05, 3.63) is 0 Å². The summed E-state index contributed by atoms with van der Waals surface area (Å²) in [6.07, 6.45) is -7.51. The molecule has 0 aromatic carbocycles. The SMILES string of the molecule is O=C(OCCC(F)(F)F)ON1C(=O)CCC1=O. The normalized spacial score (nSPS) is 16.3. The number of hydroxylamine groups is 2. The maximum absolute atomic E-state index is 11.7. The molecule has 0 radical (unpaired) electrons. The first-order chi connectivity index (χ1) is 7.79. The predicted octanol–water partition coefficient (Wildman–Crippen LogP) is 1.16. The topological polar surface area (TPSA) is 72.9 Å². The first-order valence-corrected chi connectivity index (χ1v) is 4.57. The van der Waals surface area contributed by atoms with Crippen molar-refractivity contribution in [2.24, 2.45) is 0 Å². The van der Waals surface area contributed by atoms with Crippen molar-refractivity contribution < 1.29 is 37.1 Å². The number of hydrogen-bond acceptors (Lipinski definition) is 5. The van der Waals surface area contributed by atoms with Crippen LogP contribution >= 0.6 is 0 Å². The number of ether oxygens (including phenoxy) is 1. The average molecular weight is 255 g/mol. The lowest BCUT2D eigenvalue weighted by atomic mass is 10.4. The van der Waals surface area contributed by atoms with Crippen molar-refractivity contribution in [1.29, 1.82) is 0 Å². The third kappa shape index (κ3) is 4.29. The minimum absolute atomic E-state index is 0.103. The summed E-state index contributed by atoms with van der Waals surface area (Å²) in [5.41, 5.74) is 0. The standard InChI is InChI=1S/C8H8F3NO5/c9-8(10,11)3-4-16-7(15)17-12-5(13)1-2-6(12)14/h1-4H2. The van der Waals surface area contributed by atoms with Crippen molar-refractivity contribution >= 4 is 18.0 Å². The lowest BCUT2D eigenvalue weighted by Crippen LogP contribution is -2.32. The number of hydrogen-bond donors (Lipinski definition) is 0. The maximum Gasteiger partial charge on any atom is 0.533 e. The van der Waals surface area contributed by atoms with Gasteiger partial charge in [-0.1, -0.05) is 5.06 Å². The monoisotopic (exact) mass is 255 g/mol. The molecular weight excluding hydrogens is 247 g/mol. The van der Waals surface area contributed by atoms with Crippen LogP contribution in [0, 0.1) is 0 Å². The quantitative estimate of drug-likeness (QED) is 0.558. The zero-order chi connectivity index (χ0) is 13.1. The van der Waals surface area contributed by atoms with Crippen LogP contribution in [-0.4, -0.2) is 35.8 Å². The first kappa shape index (κ1) is 13.3. The van der Waals surface area contributed by atoms with Crippen LogP contribution in [0.3, 0.4) is 0 Å². The highest BCUT2D eigenvalue weighted by Crippen LogP contribution is 2.19. The summed E-state index contributed by atoms with van der Waals surface area (Å²) in [6, 6.07) is 0. The Morgan fingerprint density at radius 1 is 1.24 bits per heavy atom. The zero-order valence-corrected chi connectivity index (χ0v) is 8.45. The molecule has 0 saturated carbocycles. The highest BCUT2D eigenvalue weighted by atomic mass is 19.4. The summed E-state index contributed by atoms with van der Waals surface area (Å²) in [4.78, 5) is 36.9. The van der Waals surface area contributed by atoms with Gasteiger partial charge in [0.2, 0.25) is 0 Å². The molecule has 0 aliphatic carbocycles. The Bertz CT molecular complexity index is 325. The van der Waals surface area contributed by atoms with Crippen LogP contribution in [0.25, 0.3) is 0 Å². The minimum atomic E-state index is -4.46. The molecule has 0 unspecified atom stereocenters. The number of halogens is 3. The van der Waals surface area contributed by atoms with Gasteiger partial charge in [-0.25, -0.2) is 4.79 Å². The van der Waals surface area contributed by atoms with E-state index in [-0.39, 0.29) is 17.9 Å². The fraction of sp³-hybridized carbons (Fsp3) is 0.625. The van der Waals surface area contributed by atoms with Gasteiger partial charge < -0.3 is 4.74 Å². The van der Waals surface area contributed by atoms with E-state index in [4.69, 9.17) is 0 Å². The zero-order valence-electron chi connectivity index (χ0n) is 8.45. The van der Waals surface area contributed by atoms with Gasteiger partial charge in [0.1, 0.15) is 6.61 Å². The molecule has 0 aromatic rings. The number of carbonyl (C=O) groups is 3. The largest absolute Gasteiger partial charge is 0.533 e. The highest BCUT2D eigenvalue weighted by molar-refractivity contribution is 6.01. The second-order valence-corrected chi connectivity index (χ2v) is 3.14. The Balaban J connectivity index is 2.30. The second kappa shape index (κ2) is 5.02. The Labute approximate surface area is 93.2 Å². The van der Waals surface area contributed by atoms with Crippen molar-refractivity contribution in [3.63, 3.8) is 0 Å². The summed E-state index contributed by atoms with van der Waals surface area (Å²) in [5, 5.41) is 0.190. The Hall–Kier alpha value is -1.80. The Morgan fingerprint density at radius 3 is 2.24 bits per heavy atom. The molecule has 1 rings (SSSR count). The molecule has 1 aliphatic heterocycles. The summed E-state index contributed by atoms with van der Waals surface area (Å²) in [6.45, 7) is -0.932. The van der Waals surface area contributed by atoms with E-state index in [9.17, 15) is 27.6 Å². The molecule has 0 atom stereocenters. The second-order valence-electron chi connectivity index (χ2n) is 3.14. The molecule has 1 saturated heterocycles. The Morgan fingerprint density at radius 2 is 1.76 bits per heavy atom. The van der Waals surface area contributed by atoms with Crippen LogP contribution in [0.4, 0.5) is 18.0 Å². The van der Waals surface area contributed by atoms with Gasteiger partial charge in [0.15, 0.2) is 0 Å². The van der Waals surface area contributed by atoms with Gasteiger partial charge in [-0.3, -0.25) is 14.4 Å². The minimum Gasteiger partial charge on any atom is -0.432 e. The smallest absolute Gasteiger partial charge is 0.432 e. The van der Waals surface area contributed by atoms with E-state index in [0.29, 0.717) is 0 Å². The molecule has 0 spiro atoms. The van der Waals surface area contributed by atoms with E-state index in [1.165, 1.54) is 0 Å². The van der Waals surface area contributed by atoms with Crippen molar-refractivity contribution in [1.82, 2.24) is 5.06 Å². The summed E-state index contributed by atoms with van der Waals surface area (Å²) in [7, 11) is 0. The molecule has 0 N–H and O–H groups in total. The third-order valence-corrected chi connectivity index (χ3v) is 1.78. The van der Waals surface area contributed by atoms with Gasteiger partial charge in [-0.15, -0.1) is 0 Å². The number of nitrogens with zero attached hydrogens (tertiary/aromatic N) is 1. The van der Waals surface area contributed by atoms with Crippen LogP contribution in [0.5, 0.6) is 0 Å². The fourth-order valence-corrected chi connectivity index (χ4v) is 1.01. The fourth-order valence-electron chi connectivity index (χ4n) is 1.01. The van der Waals surface area contributed by atoms with Gasteiger partial charge in [-0.2, -0.15) is 13.2 Å². The molecular formula is C8H8F3NO5. The van der Waals surface area contributed by atoms with Crippen molar-refractivity contribution in [2.75, 3.05) is 6.61 Å². The molecule has 0 aromatic heterocycles. The van der Waals surface area contributed by atoms with Crippen molar-refractivity contribution in [2.45, 2.75) is 25.4 Å². The molecule has 0 bridgehead atoms. The van der Waals surface area contributed by atoms with Crippen LogP contribution in [-0.2, 0) is 19.2 Å². The third-order valence-electron chi connectivity index (χ3n) is 1.78. The molecule has 1 heterocycles. The number of rotatable bonds is 3. The van der Waals surface area contributed by atoms with Gasteiger partial charge in [0.05, 0.1) is 6.42 Å². The average Bonchev–Trinajstić information content (AvgIpc) is 2.47. The van der Waals surface area contributed by atoms with E-state index in [1.54, 1.807) is 0 Å². The van der Waals surface area contributed by atoms with Gasteiger partial charge in [-0.05, 0) is 0 Å². The van der Waals surface area contributed by atoms with E-state index in [0.717, 1.165) is 0 Å². The van der Waals surface area contributed by atoms with Crippen LogP contribution < -0.4 is 0 Å². The number of carbonyl (C=O) groups excluding carboxylic acids is 3. The van der Waals surface area contributed by atoms with Gasteiger partial charge in [0, 0.05) is 12.8 Å². The summed E-state index contributed by atoms with van der Waals surface area (Å²) >= 11 is 0. The van der Waals surface area contributed by atoms with Gasteiger partial charge in [0.25, 0.3) is 11.8 Å². The van der Waals surface area contributed by atoms with Crippen LogP contribution in [0.15, 0.2) is 0 Å². The van der Waals surface area contributed by atoms with E-state index in [2.05, 4.69) is 9.57 Å². The lowest BCUT2D eigenvalue weighted by Gasteiger charge is -2.12. The van der Waals surface area contributed by atoms with Crippen LogP contribution in [0.2, 0.25) is 0 Å². The molecule has 96 valence electrons. The van der Waals surface area contributed by atoms with Crippen LogP contribution in [0.1, 0.15) is 19.3 Å². The van der Waals surface area contributed by atoms with E-state index < -0.39 is 37.2 Å². The van der Waals surface area contributed by atoms with Gasteiger partial charge >= 0.3 is 12.3 Å². The molecule has 1 fully saturated rings. The number of alkyl halides is 3. The summed E-state index contributed by atoms with van der Waals surface area (Å²) in [5.74, 6) is -1.47. The molecule has 2 amide bonds.